The van der Waals surface area contributed by atoms with E-state index in [2.05, 4.69) is 22.5 Å². The molecule has 3 rings (SSSR count). The molecule has 0 saturated heterocycles. The summed E-state index contributed by atoms with van der Waals surface area (Å²) < 4.78 is 5.21. The van der Waals surface area contributed by atoms with Crippen LogP contribution in [0.2, 0.25) is 0 Å². The van der Waals surface area contributed by atoms with Crippen molar-refractivity contribution >= 4 is 6.03 Å². The molecule has 0 bridgehead atoms. The molecule has 1 fully saturated rings. The summed E-state index contributed by atoms with van der Waals surface area (Å²) in [6.45, 7) is 2.09. The molecular weight excluding hydrogens is 302 g/mol. The number of ether oxygens (including phenoxy) is 1. The predicted molar refractivity (Wildman–Crippen MR) is 93.0 cm³/mol. The Morgan fingerprint density at radius 2 is 1.75 bits per heavy atom. The fourth-order valence-electron chi connectivity index (χ4n) is 2.98. The Hall–Kier alpha value is -2.56. The van der Waals surface area contributed by atoms with Gasteiger partial charge in [-0.25, -0.2) is 4.79 Å². The Bertz CT molecular complexity index is 682. The summed E-state index contributed by atoms with van der Waals surface area (Å²) in [6.07, 6.45) is 6.70. The van der Waals surface area contributed by atoms with Gasteiger partial charge >= 0.3 is 6.03 Å². The van der Waals surface area contributed by atoms with Crippen LogP contribution in [0.4, 0.5) is 4.79 Å². The lowest BCUT2D eigenvalue weighted by molar-refractivity contribution is 0.190. The molecule has 0 radical (unpaired) electrons. The van der Waals surface area contributed by atoms with Crippen LogP contribution in [0.15, 0.2) is 48.8 Å². The zero-order chi connectivity index (χ0) is 17.0. The number of hydrogen-bond donors (Lipinski definition) is 2. The van der Waals surface area contributed by atoms with Crippen molar-refractivity contribution in [2.75, 3.05) is 7.11 Å². The van der Waals surface area contributed by atoms with Crippen LogP contribution >= 0.6 is 0 Å². The highest BCUT2D eigenvalue weighted by atomic mass is 16.5. The second-order valence-electron chi connectivity index (χ2n) is 6.50. The van der Waals surface area contributed by atoms with Gasteiger partial charge in [0.05, 0.1) is 13.2 Å². The van der Waals surface area contributed by atoms with Crippen LogP contribution in [0.3, 0.4) is 0 Å². The van der Waals surface area contributed by atoms with Gasteiger partial charge in [-0.15, -0.1) is 0 Å². The quantitative estimate of drug-likeness (QED) is 0.885. The van der Waals surface area contributed by atoms with Crippen LogP contribution < -0.4 is 15.4 Å². The van der Waals surface area contributed by atoms with E-state index in [1.165, 1.54) is 6.42 Å². The summed E-state index contributed by atoms with van der Waals surface area (Å²) in [5.41, 5.74) is 1.91. The highest BCUT2D eigenvalue weighted by molar-refractivity contribution is 5.76. The summed E-state index contributed by atoms with van der Waals surface area (Å²) >= 11 is 0. The van der Waals surface area contributed by atoms with Crippen molar-refractivity contribution in [1.82, 2.24) is 15.6 Å². The number of benzene rings is 1. The van der Waals surface area contributed by atoms with Crippen molar-refractivity contribution in [3.8, 4) is 5.75 Å². The van der Waals surface area contributed by atoms with Crippen LogP contribution in [0.5, 0.6) is 5.75 Å². The van der Waals surface area contributed by atoms with Crippen LogP contribution in [0, 0.1) is 0 Å². The predicted octanol–water partition coefficient (Wildman–Crippen LogP) is 3.42. The lowest BCUT2D eigenvalue weighted by Gasteiger charge is -2.39. The minimum atomic E-state index is -0.234. The Morgan fingerprint density at radius 1 is 1.12 bits per heavy atom. The Balaban J connectivity index is 1.80. The van der Waals surface area contributed by atoms with Gasteiger partial charge in [0.1, 0.15) is 5.75 Å². The third-order valence-electron chi connectivity index (χ3n) is 4.64. The molecule has 24 heavy (non-hydrogen) atoms. The molecule has 0 unspecified atom stereocenters. The summed E-state index contributed by atoms with van der Waals surface area (Å²) in [4.78, 5) is 16.5. The minimum Gasteiger partial charge on any atom is -0.497 e. The van der Waals surface area contributed by atoms with Gasteiger partial charge in [0, 0.05) is 17.9 Å². The summed E-state index contributed by atoms with van der Waals surface area (Å²) in [6, 6.07) is 11.2. The van der Waals surface area contributed by atoms with E-state index in [1.807, 2.05) is 36.4 Å². The molecule has 1 heterocycles. The molecule has 2 N–H and O–H groups in total. The first-order valence-corrected chi connectivity index (χ1v) is 8.22. The molecule has 1 aromatic heterocycles. The number of urea groups is 1. The van der Waals surface area contributed by atoms with Crippen molar-refractivity contribution < 1.29 is 9.53 Å². The molecule has 1 aromatic carbocycles. The molecule has 0 spiro atoms. The van der Waals surface area contributed by atoms with Gasteiger partial charge in [0.15, 0.2) is 0 Å². The molecule has 0 aliphatic heterocycles. The maximum Gasteiger partial charge on any atom is 0.315 e. The van der Waals surface area contributed by atoms with Gasteiger partial charge in [0.2, 0.25) is 0 Å². The number of nitrogens with one attached hydrogen (secondary N) is 2. The summed E-state index contributed by atoms with van der Waals surface area (Å²) in [5, 5.41) is 6.19. The first-order chi connectivity index (χ1) is 11.6. The number of carbonyl (C=O) groups is 1. The second-order valence-corrected chi connectivity index (χ2v) is 6.50. The van der Waals surface area contributed by atoms with Crippen molar-refractivity contribution in [1.29, 1.82) is 0 Å². The minimum absolute atomic E-state index is 0.0766. The van der Waals surface area contributed by atoms with E-state index in [1.54, 1.807) is 19.5 Å². The lowest BCUT2D eigenvalue weighted by Crippen LogP contribution is -2.54. The number of carbonyl (C=O) groups excluding carboxylic acids is 1. The fraction of sp³-hybridized carbons (Fsp3) is 0.368. The van der Waals surface area contributed by atoms with Crippen LogP contribution in [-0.4, -0.2) is 23.7 Å². The van der Waals surface area contributed by atoms with Crippen molar-refractivity contribution in [2.45, 2.75) is 37.8 Å². The highest BCUT2D eigenvalue weighted by Crippen LogP contribution is 2.31. The van der Waals surface area contributed by atoms with E-state index >= 15 is 0 Å². The van der Waals surface area contributed by atoms with Gasteiger partial charge in [-0.2, -0.15) is 0 Å². The molecule has 1 atom stereocenters. The van der Waals surface area contributed by atoms with Gasteiger partial charge < -0.3 is 15.4 Å². The Labute approximate surface area is 142 Å². The maximum absolute atomic E-state index is 12.5. The highest BCUT2D eigenvalue weighted by Gasteiger charge is 2.33. The molecule has 5 nitrogen and oxygen atoms in total. The third-order valence-corrected chi connectivity index (χ3v) is 4.64. The van der Waals surface area contributed by atoms with E-state index in [-0.39, 0.29) is 17.6 Å². The number of pyridine rings is 1. The fourth-order valence-corrected chi connectivity index (χ4v) is 2.98. The number of amides is 2. The average Bonchev–Trinajstić information content (AvgIpc) is 2.59. The van der Waals surface area contributed by atoms with Crippen molar-refractivity contribution in [2.24, 2.45) is 0 Å². The molecule has 1 saturated carbocycles. The standard InChI is InChI=1S/C19H23N3O2/c1-19(10-3-11-19)22-18(23)21-17(15-8-12-20-13-9-15)14-4-6-16(24-2)7-5-14/h4-9,12-13,17H,3,10-11H2,1-2H3,(H2,21,22,23)/t17-/m0/s1. The molecule has 5 heteroatoms. The monoisotopic (exact) mass is 325 g/mol. The molecular formula is C19H23N3O2. The summed E-state index contributed by atoms with van der Waals surface area (Å²) in [5.74, 6) is 0.790. The Morgan fingerprint density at radius 3 is 2.29 bits per heavy atom. The van der Waals surface area contributed by atoms with E-state index in [0.717, 1.165) is 29.7 Å². The number of rotatable bonds is 5. The van der Waals surface area contributed by atoms with E-state index in [4.69, 9.17) is 4.74 Å². The smallest absolute Gasteiger partial charge is 0.315 e. The number of hydrogen-bond acceptors (Lipinski definition) is 3. The topological polar surface area (TPSA) is 63.2 Å². The van der Waals surface area contributed by atoms with Gasteiger partial charge in [-0.05, 0) is 61.6 Å². The van der Waals surface area contributed by atoms with Gasteiger partial charge in [-0.1, -0.05) is 12.1 Å². The molecule has 126 valence electrons. The Kier molecular flexibility index (Phi) is 4.69. The van der Waals surface area contributed by atoms with Crippen LogP contribution in [-0.2, 0) is 0 Å². The van der Waals surface area contributed by atoms with Crippen LogP contribution in [0.25, 0.3) is 0 Å². The molecule has 2 aromatic rings. The molecule has 1 aliphatic carbocycles. The van der Waals surface area contributed by atoms with Crippen molar-refractivity contribution in [3.05, 3.63) is 59.9 Å². The zero-order valence-corrected chi connectivity index (χ0v) is 14.1. The van der Waals surface area contributed by atoms with E-state index < -0.39 is 0 Å². The van der Waals surface area contributed by atoms with Crippen molar-refractivity contribution in [3.63, 3.8) is 0 Å². The third kappa shape index (κ3) is 3.67. The summed E-state index contributed by atoms with van der Waals surface area (Å²) in [7, 11) is 1.64. The van der Waals surface area contributed by atoms with Crippen LogP contribution in [0.1, 0.15) is 43.4 Å². The number of aromatic nitrogens is 1. The number of methoxy groups -OCH3 is 1. The maximum atomic E-state index is 12.5. The second kappa shape index (κ2) is 6.91. The number of nitrogens with zero attached hydrogens (tertiary/aromatic N) is 1. The molecule has 2 amide bonds. The first kappa shape index (κ1) is 16.3. The van der Waals surface area contributed by atoms with Gasteiger partial charge in [-0.3, -0.25) is 4.98 Å². The normalized spacial score (nSPS) is 16.6. The SMILES string of the molecule is COc1ccc([C@H](NC(=O)NC2(C)CCC2)c2ccncc2)cc1. The largest absolute Gasteiger partial charge is 0.497 e. The van der Waals surface area contributed by atoms with E-state index in [9.17, 15) is 4.79 Å². The van der Waals surface area contributed by atoms with E-state index in [0.29, 0.717) is 0 Å². The first-order valence-electron chi connectivity index (χ1n) is 8.22. The zero-order valence-electron chi connectivity index (χ0n) is 14.1. The van der Waals surface area contributed by atoms with Gasteiger partial charge in [0.25, 0.3) is 0 Å². The molecule has 1 aliphatic rings. The average molecular weight is 325 g/mol. The lowest BCUT2D eigenvalue weighted by atomic mass is 9.79.